The normalized spacial score (nSPS) is 17.9. The van der Waals surface area contributed by atoms with Crippen LogP contribution >= 0.6 is 0 Å². The van der Waals surface area contributed by atoms with Crippen molar-refractivity contribution in [3.05, 3.63) is 23.3 Å². The first-order valence-electron chi connectivity index (χ1n) is 5.62. The van der Waals surface area contributed by atoms with Crippen molar-refractivity contribution in [2.24, 2.45) is 5.41 Å². The Bertz CT molecular complexity index is 397. The van der Waals surface area contributed by atoms with Gasteiger partial charge in [-0.15, -0.1) is 0 Å². The van der Waals surface area contributed by atoms with Crippen LogP contribution in [-0.2, 0) is 4.74 Å². The number of phenolic OH excluding ortho intramolecular Hbond substituents is 1. The van der Waals surface area contributed by atoms with Crippen molar-refractivity contribution in [2.45, 2.75) is 20.8 Å². The maximum absolute atomic E-state index is 9.56. The number of hydrogen-bond acceptors (Lipinski definition) is 3. The Hall–Kier alpha value is -1.22. The third-order valence-electron chi connectivity index (χ3n) is 3.15. The van der Waals surface area contributed by atoms with Gasteiger partial charge in [-0.25, -0.2) is 0 Å². The smallest absolute Gasteiger partial charge is 0.118 e. The van der Waals surface area contributed by atoms with E-state index in [9.17, 15) is 5.11 Å². The second-order valence-corrected chi connectivity index (χ2v) is 5.11. The lowest BCUT2D eigenvalue weighted by molar-refractivity contribution is -0.0924. The first-order chi connectivity index (χ1) is 7.50. The molecule has 1 saturated heterocycles. The number of ether oxygens (including phenoxy) is 1. The van der Waals surface area contributed by atoms with E-state index < -0.39 is 0 Å². The van der Waals surface area contributed by atoms with Gasteiger partial charge in [0.15, 0.2) is 0 Å². The van der Waals surface area contributed by atoms with Crippen LogP contribution < -0.4 is 5.32 Å². The van der Waals surface area contributed by atoms with Gasteiger partial charge in [-0.2, -0.15) is 0 Å². The molecule has 16 heavy (non-hydrogen) atoms. The van der Waals surface area contributed by atoms with Crippen LogP contribution in [-0.4, -0.2) is 24.9 Å². The summed E-state index contributed by atoms with van der Waals surface area (Å²) >= 11 is 0. The lowest BCUT2D eigenvalue weighted by Gasteiger charge is -2.38. The Morgan fingerprint density at radius 1 is 1.31 bits per heavy atom. The van der Waals surface area contributed by atoms with Crippen LogP contribution in [0.5, 0.6) is 5.75 Å². The first kappa shape index (κ1) is 11.3. The lowest BCUT2D eigenvalue weighted by atomic mass is 9.88. The molecule has 0 aliphatic carbocycles. The molecule has 3 nitrogen and oxygen atoms in total. The van der Waals surface area contributed by atoms with Gasteiger partial charge in [0, 0.05) is 17.6 Å². The molecule has 1 heterocycles. The SMILES string of the molecule is Cc1cc(NCC2(C)COC2)c(C)cc1O. The van der Waals surface area contributed by atoms with Crippen LogP contribution in [0.15, 0.2) is 12.1 Å². The van der Waals surface area contributed by atoms with Gasteiger partial charge in [0.05, 0.1) is 13.2 Å². The van der Waals surface area contributed by atoms with Crippen LogP contribution in [0.3, 0.4) is 0 Å². The van der Waals surface area contributed by atoms with E-state index in [0.717, 1.165) is 36.6 Å². The molecule has 2 rings (SSSR count). The van der Waals surface area contributed by atoms with Gasteiger partial charge in [0.1, 0.15) is 5.75 Å². The molecule has 2 N–H and O–H groups in total. The minimum Gasteiger partial charge on any atom is -0.508 e. The fourth-order valence-corrected chi connectivity index (χ4v) is 1.85. The average Bonchev–Trinajstić information content (AvgIpc) is 2.19. The third kappa shape index (κ3) is 2.14. The highest BCUT2D eigenvalue weighted by Gasteiger charge is 2.33. The number of benzene rings is 1. The van der Waals surface area contributed by atoms with Gasteiger partial charge >= 0.3 is 0 Å². The summed E-state index contributed by atoms with van der Waals surface area (Å²) in [6, 6.07) is 3.80. The molecule has 0 amide bonds. The molecule has 0 atom stereocenters. The van der Waals surface area contributed by atoms with Crippen molar-refractivity contribution in [3.63, 3.8) is 0 Å². The first-order valence-corrected chi connectivity index (χ1v) is 5.62. The highest BCUT2D eigenvalue weighted by molar-refractivity contribution is 5.56. The number of rotatable bonds is 3. The Morgan fingerprint density at radius 2 is 2.00 bits per heavy atom. The molecule has 88 valence electrons. The number of aromatic hydroxyl groups is 1. The maximum Gasteiger partial charge on any atom is 0.118 e. The van der Waals surface area contributed by atoms with E-state index in [1.807, 2.05) is 19.9 Å². The van der Waals surface area contributed by atoms with E-state index in [-0.39, 0.29) is 5.41 Å². The number of aryl methyl sites for hydroxylation is 2. The molecule has 1 aromatic rings. The standard InChI is InChI=1S/C13H19NO2/c1-9-5-12(15)10(2)4-11(9)14-6-13(3)7-16-8-13/h4-5,14-15H,6-8H2,1-3H3. The summed E-state index contributed by atoms with van der Waals surface area (Å²) < 4.78 is 5.22. The topological polar surface area (TPSA) is 41.5 Å². The van der Waals surface area contributed by atoms with Crippen LogP contribution in [0.1, 0.15) is 18.1 Å². The summed E-state index contributed by atoms with van der Waals surface area (Å²) in [6.07, 6.45) is 0. The van der Waals surface area contributed by atoms with Crippen molar-refractivity contribution in [3.8, 4) is 5.75 Å². The fraction of sp³-hybridized carbons (Fsp3) is 0.538. The van der Waals surface area contributed by atoms with E-state index in [2.05, 4.69) is 12.2 Å². The number of anilines is 1. The van der Waals surface area contributed by atoms with E-state index in [0.29, 0.717) is 5.75 Å². The molecule has 0 radical (unpaired) electrons. The Kier molecular flexibility index (Phi) is 2.80. The molecule has 1 aliphatic heterocycles. The summed E-state index contributed by atoms with van der Waals surface area (Å²) in [7, 11) is 0. The maximum atomic E-state index is 9.56. The fourth-order valence-electron chi connectivity index (χ4n) is 1.85. The molecule has 0 saturated carbocycles. The van der Waals surface area contributed by atoms with Crippen LogP contribution in [0.25, 0.3) is 0 Å². The van der Waals surface area contributed by atoms with E-state index in [1.54, 1.807) is 6.07 Å². The van der Waals surface area contributed by atoms with Gasteiger partial charge in [-0.1, -0.05) is 6.92 Å². The minimum atomic E-state index is 0.262. The number of nitrogens with one attached hydrogen (secondary N) is 1. The zero-order valence-electron chi connectivity index (χ0n) is 10.1. The molecule has 1 aromatic carbocycles. The van der Waals surface area contributed by atoms with Gasteiger partial charge in [0.2, 0.25) is 0 Å². The van der Waals surface area contributed by atoms with E-state index >= 15 is 0 Å². The summed E-state index contributed by atoms with van der Waals surface area (Å²) in [4.78, 5) is 0. The Balaban J connectivity index is 2.06. The van der Waals surface area contributed by atoms with Gasteiger partial charge in [-0.3, -0.25) is 0 Å². The van der Waals surface area contributed by atoms with Crippen LogP contribution in [0.4, 0.5) is 5.69 Å². The molecule has 0 bridgehead atoms. The molecule has 0 aromatic heterocycles. The van der Waals surface area contributed by atoms with Crippen molar-refractivity contribution in [1.29, 1.82) is 0 Å². The summed E-state index contributed by atoms with van der Waals surface area (Å²) in [6.45, 7) is 8.70. The van der Waals surface area contributed by atoms with Crippen molar-refractivity contribution >= 4 is 5.69 Å². The van der Waals surface area contributed by atoms with E-state index in [4.69, 9.17) is 4.74 Å². The predicted octanol–water partition coefficient (Wildman–Crippen LogP) is 2.46. The van der Waals surface area contributed by atoms with Crippen LogP contribution in [0, 0.1) is 19.3 Å². The van der Waals surface area contributed by atoms with E-state index in [1.165, 1.54) is 0 Å². The molecule has 1 aliphatic rings. The second-order valence-electron chi connectivity index (χ2n) is 5.11. The number of hydrogen-bond donors (Lipinski definition) is 2. The average molecular weight is 221 g/mol. The molecule has 3 heteroatoms. The summed E-state index contributed by atoms with van der Waals surface area (Å²) in [5, 5.41) is 13.0. The lowest BCUT2D eigenvalue weighted by Crippen LogP contribution is -2.45. The van der Waals surface area contributed by atoms with Crippen molar-refractivity contribution in [2.75, 3.05) is 25.1 Å². The number of phenols is 1. The largest absolute Gasteiger partial charge is 0.508 e. The molecular weight excluding hydrogens is 202 g/mol. The zero-order valence-corrected chi connectivity index (χ0v) is 10.1. The quantitative estimate of drug-likeness (QED) is 0.770. The minimum absolute atomic E-state index is 0.262. The highest BCUT2D eigenvalue weighted by Crippen LogP contribution is 2.29. The van der Waals surface area contributed by atoms with Crippen molar-refractivity contribution in [1.82, 2.24) is 0 Å². The van der Waals surface area contributed by atoms with Crippen molar-refractivity contribution < 1.29 is 9.84 Å². The highest BCUT2D eigenvalue weighted by atomic mass is 16.5. The molecular formula is C13H19NO2. The molecule has 1 fully saturated rings. The predicted molar refractivity (Wildman–Crippen MR) is 65.0 cm³/mol. The Morgan fingerprint density at radius 3 is 2.56 bits per heavy atom. The van der Waals surface area contributed by atoms with Crippen LogP contribution in [0.2, 0.25) is 0 Å². The third-order valence-corrected chi connectivity index (χ3v) is 3.15. The zero-order chi connectivity index (χ0) is 11.8. The molecule has 0 unspecified atom stereocenters. The summed E-state index contributed by atoms with van der Waals surface area (Å²) in [5.74, 6) is 0.362. The monoisotopic (exact) mass is 221 g/mol. The second kappa shape index (κ2) is 3.98. The van der Waals surface area contributed by atoms with Gasteiger partial charge in [0.25, 0.3) is 0 Å². The van der Waals surface area contributed by atoms with Gasteiger partial charge in [-0.05, 0) is 37.1 Å². The molecule has 0 spiro atoms. The van der Waals surface area contributed by atoms with Gasteiger partial charge < -0.3 is 15.2 Å². The Labute approximate surface area is 96.4 Å². The summed E-state index contributed by atoms with van der Waals surface area (Å²) in [5.41, 5.74) is 3.34.